The van der Waals surface area contributed by atoms with Crippen LogP contribution in [0.5, 0.6) is 0 Å². The molecule has 2 aromatic carbocycles. The van der Waals surface area contributed by atoms with Crippen molar-refractivity contribution >= 4 is 17.8 Å². The molecule has 6 nitrogen and oxygen atoms in total. The second kappa shape index (κ2) is 9.11. The summed E-state index contributed by atoms with van der Waals surface area (Å²) in [4.78, 5) is 37.5. The molecule has 2 amide bonds. The molecule has 6 heteroatoms. The van der Waals surface area contributed by atoms with Gasteiger partial charge in [0.2, 0.25) is 11.8 Å². The van der Waals surface area contributed by atoms with Crippen LogP contribution in [0, 0.1) is 5.92 Å². The molecule has 0 heterocycles. The molecular formula is C24H28N2O4. The van der Waals surface area contributed by atoms with Crippen LogP contribution in [0.2, 0.25) is 0 Å². The number of fused-ring (bicyclic) bond motifs is 3. The normalized spacial score (nSPS) is 14.4. The molecule has 0 unspecified atom stereocenters. The van der Waals surface area contributed by atoms with Gasteiger partial charge < -0.3 is 15.4 Å². The average Bonchev–Trinajstić information content (AvgIpc) is 3.04. The summed E-state index contributed by atoms with van der Waals surface area (Å²) in [7, 11) is 1.31. The van der Waals surface area contributed by atoms with E-state index in [1.807, 2.05) is 62.4 Å². The first-order chi connectivity index (χ1) is 14.3. The monoisotopic (exact) mass is 408 g/mol. The molecule has 0 aliphatic heterocycles. The zero-order valence-electron chi connectivity index (χ0n) is 17.8. The van der Waals surface area contributed by atoms with Crippen LogP contribution in [0.25, 0.3) is 11.1 Å². The molecule has 2 aromatic rings. The highest BCUT2D eigenvalue weighted by molar-refractivity contribution is 5.92. The summed E-state index contributed by atoms with van der Waals surface area (Å²) < 4.78 is 5.06. The van der Waals surface area contributed by atoms with Crippen molar-refractivity contribution in [2.45, 2.75) is 45.2 Å². The maximum Gasteiger partial charge on any atom is 0.329 e. The summed E-state index contributed by atoms with van der Waals surface area (Å²) in [6.45, 7) is 5.33. The third kappa shape index (κ3) is 4.37. The molecule has 2 N–H and O–H groups in total. The molecule has 0 radical (unpaired) electrons. The third-order valence-electron chi connectivity index (χ3n) is 5.37. The van der Waals surface area contributed by atoms with E-state index in [1.54, 1.807) is 0 Å². The van der Waals surface area contributed by atoms with Crippen molar-refractivity contribution in [2.24, 2.45) is 5.92 Å². The number of carbonyl (C=O) groups is 3. The molecule has 0 saturated heterocycles. The van der Waals surface area contributed by atoms with Crippen molar-refractivity contribution in [2.75, 3.05) is 7.11 Å². The van der Waals surface area contributed by atoms with Crippen molar-refractivity contribution in [3.63, 3.8) is 0 Å². The van der Waals surface area contributed by atoms with Gasteiger partial charge in [-0.1, -0.05) is 62.4 Å². The van der Waals surface area contributed by atoms with E-state index in [4.69, 9.17) is 4.74 Å². The zero-order valence-corrected chi connectivity index (χ0v) is 17.8. The van der Waals surface area contributed by atoms with Crippen molar-refractivity contribution in [3.05, 3.63) is 59.7 Å². The molecule has 1 aliphatic rings. The third-order valence-corrected chi connectivity index (χ3v) is 5.37. The Balaban J connectivity index is 1.98. The fourth-order valence-electron chi connectivity index (χ4n) is 4.16. The first-order valence-corrected chi connectivity index (χ1v) is 10.2. The number of methoxy groups -OCH3 is 1. The molecular weight excluding hydrogens is 380 g/mol. The molecule has 1 aliphatic carbocycles. The van der Waals surface area contributed by atoms with E-state index in [0.717, 1.165) is 22.3 Å². The van der Waals surface area contributed by atoms with E-state index in [0.29, 0.717) is 6.42 Å². The number of hydrogen-bond acceptors (Lipinski definition) is 4. The first kappa shape index (κ1) is 21.6. The highest BCUT2D eigenvalue weighted by Gasteiger charge is 2.40. The summed E-state index contributed by atoms with van der Waals surface area (Å²) in [6, 6.07) is 14.1. The lowest BCUT2D eigenvalue weighted by Crippen LogP contribution is -2.53. The number of nitrogens with one attached hydrogen (secondary N) is 2. The van der Waals surface area contributed by atoms with Gasteiger partial charge in [-0.2, -0.15) is 0 Å². The first-order valence-electron chi connectivity index (χ1n) is 10.2. The van der Waals surface area contributed by atoms with Crippen molar-refractivity contribution in [3.8, 4) is 11.1 Å². The molecule has 0 bridgehead atoms. The van der Waals surface area contributed by atoms with Gasteiger partial charge in [0.1, 0.15) is 12.1 Å². The Morgan fingerprint density at radius 1 is 0.933 bits per heavy atom. The van der Waals surface area contributed by atoms with Crippen LogP contribution in [-0.4, -0.2) is 37.0 Å². The summed E-state index contributed by atoms with van der Waals surface area (Å²) in [6.07, 6.45) is 0.469. The van der Waals surface area contributed by atoms with Crippen LogP contribution in [0.15, 0.2) is 48.5 Å². The fraction of sp³-hybridized carbons (Fsp3) is 0.375. The van der Waals surface area contributed by atoms with Gasteiger partial charge in [-0.3, -0.25) is 9.59 Å². The molecule has 0 aromatic heterocycles. The highest BCUT2D eigenvalue weighted by Crippen LogP contribution is 2.46. The lowest BCUT2D eigenvalue weighted by molar-refractivity contribution is -0.145. The quantitative estimate of drug-likeness (QED) is 0.690. The largest absolute Gasteiger partial charge is 0.467 e. The zero-order chi connectivity index (χ0) is 21.8. The van der Waals surface area contributed by atoms with Crippen LogP contribution in [0.1, 0.15) is 44.2 Å². The maximum absolute atomic E-state index is 13.1. The molecule has 158 valence electrons. The second-order valence-corrected chi connectivity index (χ2v) is 8.04. The smallest absolute Gasteiger partial charge is 0.329 e. The number of amides is 2. The maximum atomic E-state index is 13.1. The Morgan fingerprint density at radius 3 is 1.93 bits per heavy atom. The van der Waals surface area contributed by atoms with Gasteiger partial charge in [-0.15, -0.1) is 0 Å². The van der Waals surface area contributed by atoms with Crippen LogP contribution in [-0.2, 0) is 19.1 Å². The van der Waals surface area contributed by atoms with E-state index in [1.165, 1.54) is 14.0 Å². The minimum absolute atomic E-state index is 0.192. The lowest BCUT2D eigenvalue weighted by atomic mass is 9.88. The highest BCUT2D eigenvalue weighted by atomic mass is 16.5. The lowest BCUT2D eigenvalue weighted by Gasteiger charge is -2.27. The van der Waals surface area contributed by atoms with Crippen molar-refractivity contribution < 1.29 is 19.1 Å². The Labute approximate surface area is 177 Å². The standard InChI is InChI=1S/C24H28N2O4/c1-14(2)13-20(25-15(3)27)23(28)26-22(24(29)30-4)21-18-11-7-5-9-16(18)17-10-6-8-12-19(17)21/h5-12,14,20-22H,13H2,1-4H3,(H,25,27)(H,26,28)/t20-,22-/m0/s1. The Bertz CT molecular complexity index is 908. The predicted octanol–water partition coefficient (Wildman–Crippen LogP) is 3.01. The van der Waals surface area contributed by atoms with E-state index in [9.17, 15) is 14.4 Å². The summed E-state index contributed by atoms with van der Waals surface area (Å²) in [5.74, 6) is -1.38. The van der Waals surface area contributed by atoms with Crippen LogP contribution in [0.4, 0.5) is 0 Å². The Morgan fingerprint density at radius 2 is 1.47 bits per heavy atom. The molecule has 30 heavy (non-hydrogen) atoms. The molecule has 0 fully saturated rings. The topological polar surface area (TPSA) is 84.5 Å². The van der Waals surface area contributed by atoms with Crippen LogP contribution >= 0.6 is 0 Å². The van der Waals surface area contributed by atoms with Crippen molar-refractivity contribution in [1.29, 1.82) is 0 Å². The van der Waals surface area contributed by atoms with Crippen molar-refractivity contribution in [1.82, 2.24) is 10.6 Å². The Hall–Kier alpha value is -3.15. The summed E-state index contributed by atoms with van der Waals surface area (Å²) in [5.41, 5.74) is 4.02. The summed E-state index contributed by atoms with van der Waals surface area (Å²) >= 11 is 0. The Kier molecular flexibility index (Phi) is 6.55. The second-order valence-electron chi connectivity index (χ2n) is 8.04. The van der Waals surface area contributed by atoms with E-state index >= 15 is 0 Å². The number of carbonyl (C=O) groups excluding carboxylic acids is 3. The minimum atomic E-state index is -0.907. The molecule has 0 saturated carbocycles. The molecule has 0 spiro atoms. The van der Waals surface area contributed by atoms with E-state index in [-0.39, 0.29) is 17.7 Å². The minimum Gasteiger partial charge on any atom is -0.467 e. The van der Waals surface area contributed by atoms with Gasteiger partial charge in [-0.05, 0) is 34.6 Å². The number of hydrogen-bond donors (Lipinski definition) is 2. The SMILES string of the molecule is COC(=O)[C@@H](NC(=O)[C@H](CC(C)C)NC(C)=O)C1c2ccccc2-c2ccccc21. The fourth-order valence-corrected chi connectivity index (χ4v) is 4.16. The molecule has 3 rings (SSSR count). The number of esters is 1. The van der Waals surface area contributed by atoms with E-state index < -0.39 is 24.0 Å². The average molecular weight is 408 g/mol. The van der Waals surface area contributed by atoms with Gasteiger partial charge >= 0.3 is 5.97 Å². The number of benzene rings is 2. The van der Waals surface area contributed by atoms with Crippen LogP contribution < -0.4 is 10.6 Å². The molecule has 2 atom stereocenters. The number of rotatable bonds is 7. The van der Waals surface area contributed by atoms with Crippen LogP contribution in [0.3, 0.4) is 0 Å². The van der Waals surface area contributed by atoms with Gasteiger partial charge in [0.25, 0.3) is 0 Å². The van der Waals surface area contributed by atoms with Gasteiger partial charge in [0, 0.05) is 12.8 Å². The number of ether oxygens (including phenoxy) is 1. The summed E-state index contributed by atoms with van der Waals surface area (Å²) in [5, 5.41) is 5.57. The van der Waals surface area contributed by atoms with Gasteiger partial charge in [-0.25, -0.2) is 4.79 Å². The van der Waals surface area contributed by atoms with Gasteiger partial charge in [0.05, 0.1) is 7.11 Å². The van der Waals surface area contributed by atoms with E-state index in [2.05, 4.69) is 10.6 Å². The predicted molar refractivity (Wildman–Crippen MR) is 115 cm³/mol. The van der Waals surface area contributed by atoms with Gasteiger partial charge in [0.15, 0.2) is 0 Å².